The summed E-state index contributed by atoms with van der Waals surface area (Å²) >= 11 is 0. The van der Waals surface area contributed by atoms with Crippen molar-refractivity contribution in [2.75, 3.05) is 0 Å². The van der Waals surface area contributed by atoms with Gasteiger partial charge in [0.1, 0.15) is 24.8 Å². The molecule has 0 unspecified atom stereocenters. The fraction of sp³-hybridized carbons (Fsp3) is 0.115. The molecule has 4 aromatic rings. The van der Waals surface area contributed by atoms with Crippen molar-refractivity contribution < 1.29 is 14.3 Å². The van der Waals surface area contributed by atoms with Crippen molar-refractivity contribution in [2.24, 2.45) is 0 Å². The number of nitrogens with zero attached hydrogens (tertiary/aromatic N) is 1. The molecule has 0 saturated carbocycles. The van der Waals surface area contributed by atoms with Crippen LogP contribution in [-0.2, 0) is 22.7 Å². The lowest BCUT2D eigenvalue weighted by Gasteiger charge is -2.06. The van der Waals surface area contributed by atoms with Crippen LogP contribution >= 0.6 is 0 Å². The molecule has 0 atom stereocenters. The molecule has 1 aromatic heterocycles. The summed E-state index contributed by atoms with van der Waals surface area (Å²) < 4.78 is 11.0. The molecular weight excluding hydrogens is 404 g/mol. The Kier molecular flexibility index (Phi) is 6.41. The molecular formula is C26H22N2O4. The van der Waals surface area contributed by atoms with Crippen LogP contribution in [0.15, 0.2) is 83.7 Å². The fourth-order valence-electron chi connectivity index (χ4n) is 3.19. The van der Waals surface area contributed by atoms with Gasteiger partial charge in [-0.15, -0.1) is 0 Å². The number of esters is 1. The van der Waals surface area contributed by atoms with Crippen molar-refractivity contribution >= 4 is 22.9 Å². The first-order valence-electron chi connectivity index (χ1n) is 10.2. The van der Waals surface area contributed by atoms with Gasteiger partial charge in [-0.05, 0) is 47.9 Å². The summed E-state index contributed by atoms with van der Waals surface area (Å²) in [5.74, 6) is 0.524. The Hall–Kier alpha value is -4.19. The van der Waals surface area contributed by atoms with Crippen LogP contribution in [0.1, 0.15) is 22.5 Å². The normalized spacial score (nSPS) is 11.0. The number of hydrogen-bond donors (Lipinski definition) is 1. The van der Waals surface area contributed by atoms with Crippen LogP contribution in [0.4, 0.5) is 0 Å². The molecule has 0 spiro atoms. The Morgan fingerprint density at radius 1 is 0.969 bits per heavy atom. The predicted octanol–water partition coefficient (Wildman–Crippen LogP) is 4.57. The first-order chi connectivity index (χ1) is 15.6. The van der Waals surface area contributed by atoms with Gasteiger partial charge in [0, 0.05) is 6.08 Å². The van der Waals surface area contributed by atoms with Crippen LogP contribution in [-0.4, -0.2) is 15.9 Å². The number of benzene rings is 3. The third kappa shape index (κ3) is 5.29. The Balaban J connectivity index is 1.32. The average molecular weight is 426 g/mol. The van der Waals surface area contributed by atoms with Gasteiger partial charge in [-0.3, -0.25) is 4.79 Å². The monoisotopic (exact) mass is 426 g/mol. The van der Waals surface area contributed by atoms with Crippen LogP contribution in [0.25, 0.3) is 17.0 Å². The number of para-hydroxylation sites is 1. The molecule has 0 aliphatic heterocycles. The molecule has 1 heterocycles. The lowest BCUT2D eigenvalue weighted by atomic mass is 10.1. The molecule has 0 saturated heterocycles. The van der Waals surface area contributed by atoms with Crippen LogP contribution in [0.2, 0.25) is 0 Å². The number of aryl methyl sites for hydroxylation is 1. The molecule has 6 nitrogen and oxygen atoms in total. The Morgan fingerprint density at radius 2 is 1.75 bits per heavy atom. The third-order valence-corrected chi connectivity index (χ3v) is 4.88. The molecule has 160 valence electrons. The SMILES string of the molecule is Cc1cccc2c(=O)[nH]c(COC(=O)/C=C/c3ccc(OCc4ccccc4)cc3)nc12. The number of carbonyl (C=O) groups is 1. The van der Waals surface area contributed by atoms with Gasteiger partial charge in [-0.1, -0.05) is 54.6 Å². The molecule has 32 heavy (non-hydrogen) atoms. The van der Waals surface area contributed by atoms with E-state index in [2.05, 4.69) is 9.97 Å². The zero-order valence-corrected chi connectivity index (χ0v) is 17.6. The first-order valence-corrected chi connectivity index (χ1v) is 10.2. The summed E-state index contributed by atoms with van der Waals surface area (Å²) in [4.78, 5) is 31.3. The van der Waals surface area contributed by atoms with Crippen LogP contribution in [0.5, 0.6) is 5.75 Å². The summed E-state index contributed by atoms with van der Waals surface area (Å²) in [6.07, 6.45) is 2.99. The van der Waals surface area contributed by atoms with E-state index in [9.17, 15) is 9.59 Å². The lowest BCUT2D eigenvalue weighted by molar-refractivity contribution is -0.139. The quantitative estimate of drug-likeness (QED) is 0.346. The minimum absolute atomic E-state index is 0.116. The van der Waals surface area contributed by atoms with Crippen molar-refractivity contribution in [2.45, 2.75) is 20.1 Å². The molecule has 0 amide bonds. The van der Waals surface area contributed by atoms with Gasteiger partial charge in [0.2, 0.25) is 0 Å². The first kappa shape index (κ1) is 21.1. The second-order valence-corrected chi connectivity index (χ2v) is 7.27. The van der Waals surface area contributed by atoms with E-state index in [4.69, 9.17) is 9.47 Å². The van der Waals surface area contributed by atoms with Crippen molar-refractivity contribution in [1.29, 1.82) is 0 Å². The molecule has 3 aromatic carbocycles. The van der Waals surface area contributed by atoms with Crippen LogP contribution in [0, 0.1) is 6.92 Å². The molecule has 0 aliphatic rings. The molecule has 0 aliphatic carbocycles. The third-order valence-electron chi connectivity index (χ3n) is 4.88. The number of aromatic nitrogens is 2. The number of carbonyl (C=O) groups excluding carboxylic acids is 1. The van der Waals surface area contributed by atoms with E-state index in [0.717, 1.165) is 22.4 Å². The highest BCUT2D eigenvalue weighted by Crippen LogP contribution is 2.15. The van der Waals surface area contributed by atoms with Crippen LogP contribution in [0.3, 0.4) is 0 Å². The van der Waals surface area contributed by atoms with Crippen LogP contribution < -0.4 is 10.3 Å². The number of aromatic amines is 1. The Bertz CT molecular complexity index is 1310. The number of H-pyrrole nitrogens is 1. The summed E-state index contributed by atoms with van der Waals surface area (Å²) in [5, 5.41) is 0.510. The second kappa shape index (κ2) is 9.75. The van der Waals surface area contributed by atoms with Crippen molar-refractivity contribution in [3.8, 4) is 5.75 Å². The Labute approximate surface area is 185 Å². The minimum atomic E-state index is -0.526. The zero-order chi connectivity index (χ0) is 22.3. The minimum Gasteiger partial charge on any atom is -0.489 e. The summed E-state index contributed by atoms with van der Waals surface area (Å²) in [6, 6.07) is 22.7. The van der Waals surface area contributed by atoms with E-state index < -0.39 is 5.97 Å². The van der Waals surface area contributed by atoms with E-state index >= 15 is 0 Å². The Morgan fingerprint density at radius 3 is 2.53 bits per heavy atom. The van der Waals surface area contributed by atoms with Gasteiger partial charge in [-0.25, -0.2) is 9.78 Å². The molecule has 0 bridgehead atoms. The highest BCUT2D eigenvalue weighted by atomic mass is 16.5. The second-order valence-electron chi connectivity index (χ2n) is 7.27. The van der Waals surface area contributed by atoms with Crippen molar-refractivity contribution in [3.63, 3.8) is 0 Å². The van der Waals surface area contributed by atoms with Gasteiger partial charge >= 0.3 is 5.97 Å². The van der Waals surface area contributed by atoms with Gasteiger partial charge in [0.25, 0.3) is 5.56 Å². The maximum absolute atomic E-state index is 12.2. The lowest BCUT2D eigenvalue weighted by Crippen LogP contribution is -2.14. The highest BCUT2D eigenvalue weighted by Gasteiger charge is 2.07. The largest absolute Gasteiger partial charge is 0.489 e. The molecule has 6 heteroatoms. The zero-order valence-electron chi connectivity index (χ0n) is 17.6. The average Bonchev–Trinajstić information content (AvgIpc) is 2.82. The number of ether oxygens (including phenoxy) is 2. The van der Waals surface area contributed by atoms with Crippen molar-refractivity contribution in [1.82, 2.24) is 9.97 Å². The maximum Gasteiger partial charge on any atom is 0.331 e. The standard InChI is InChI=1S/C26H22N2O4/c1-18-6-5-9-22-25(18)27-23(28-26(22)30)17-32-24(29)15-12-19-10-13-21(14-11-19)31-16-20-7-3-2-4-8-20/h2-15H,16-17H2,1H3,(H,27,28,30)/b15-12+. The van der Waals surface area contributed by atoms with E-state index in [1.54, 1.807) is 18.2 Å². The summed E-state index contributed by atoms with van der Waals surface area (Å²) in [5.41, 5.74) is 3.16. The van der Waals surface area contributed by atoms with Gasteiger partial charge in [0.05, 0.1) is 10.9 Å². The fourth-order valence-corrected chi connectivity index (χ4v) is 3.19. The summed E-state index contributed by atoms with van der Waals surface area (Å²) in [6.45, 7) is 2.26. The van der Waals surface area contributed by atoms with Gasteiger partial charge in [0.15, 0.2) is 0 Å². The van der Waals surface area contributed by atoms with E-state index in [1.807, 2.05) is 67.6 Å². The van der Waals surface area contributed by atoms with Gasteiger partial charge < -0.3 is 14.5 Å². The molecule has 0 fully saturated rings. The number of hydrogen-bond acceptors (Lipinski definition) is 5. The molecule has 1 N–H and O–H groups in total. The smallest absolute Gasteiger partial charge is 0.331 e. The predicted molar refractivity (Wildman–Crippen MR) is 123 cm³/mol. The maximum atomic E-state index is 12.2. The van der Waals surface area contributed by atoms with Gasteiger partial charge in [-0.2, -0.15) is 0 Å². The van der Waals surface area contributed by atoms with E-state index in [1.165, 1.54) is 6.08 Å². The molecule has 0 radical (unpaired) electrons. The topological polar surface area (TPSA) is 81.3 Å². The highest BCUT2D eigenvalue weighted by molar-refractivity contribution is 5.87. The number of nitrogens with one attached hydrogen (secondary N) is 1. The number of fused-ring (bicyclic) bond motifs is 1. The van der Waals surface area contributed by atoms with E-state index in [-0.39, 0.29) is 12.2 Å². The number of rotatable bonds is 7. The molecule has 4 rings (SSSR count). The van der Waals surface area contributed by atoms with E-state index in [0.29, 0.717) is 23.3 Å². The summed E-state index contributed by atoms with van der Waals surface area (Å²) in [7, 11) is 0. The van der Waals surface area contributed by atoms with Crippen molar-refractivity contribution in [3.05, 3.63) is 112 Å².